The van der Waals surface area contributed by atoms with Gasteiger partial charge in [-0.15, -0.1) is 0 Å². The highest BCUT2D eigenvalue weighted by Crippen LogP contribution is 2.35. The van der Waals surface area contributed by atoms with E-state index < -0.39 is 0 Å². The van der Waals surface area contributed by atoms with Crippen LogP contribution in [0.25, 0.3) is 11.1 Å². The lowest BCUT2D eigenvalue weighted by Gasteiger charge is -2.26. The van der Waals surface area contributed by atoms with Crippen LogP contribution in [0.4, 0.5) is 17.1 Å². The molecule has 0 aliphatic carbocycles. The smallest absolute Gasteiger partial charge is 0.118 e. The van der Waals surface area contributed by atoms with Gasteiger partial charge in [0.25, 0.3) is 0 Å². The molecule has 4 aromatic carbocycles. The normalized spacial score (nSPS) is 10.5. The highest BCUT2D eigenvalue weighted by Gasteiger charge is 2.12. The molecule has 0 heterocycles. The summed E-state index contributed by atoms with van der Waals surface area (Å²) in [4.78, 5) is 2.28. The van der Waals surface area contributed by atoms with Crippen LogP contribution < -0.4 is 9.64 Å². The van der Waals surface area contributed by atoms with Crippen molar-refractivity contribution in [2.24, 2.45) is 0 Å². The molecular formula is C26H23NO. The van der Waals surface area contributed by atoms with E-state index in [1.54, 1.807) is 7.11 Å². The molecule has 0 amide bonds. The van der Waals surface area contributed by atoms with Gasteiger partial charge in [-0.3, -0.25) is 0 Å². The number of methoxy groups -OCH3 is 1. The zero-order valence-corrected chi connectivity index (χ0v) is 16.2. The molecule has 4 aromatic rings. The van der Waals surface area contributed by atoms with Crippen LogP contribution in [0.2, 0.25) is 0 Å². The van der Waals surface area contributed by atoms with Crippen LogP contribution in [-0.2, 0) is 0 Å². The Labute approximate surface area is 166 Å². The van der Waals surface area contributed by atoms with Crippen LogP contribution in [0, 0.1) is 6.92 Å². The molecule has 0 atom stereocenters. The number of aryl methyl sites for hydroxylation is 1. The molecule has 2 heteroatoms. The van der Waals surface area contributed by atoms with E-state index in [4.69, 9.17) is 4.74 Å². The van der Waals surface area contributed by atoms with Gasteiger partial charge in [0, 0.05) is 17.1 Å². The number of anilines is 3. The van der Waals surface area contributed by atoms with Crippen molar-refractivity contribution in [1.82, 2.24) is 0 Å². The number of hydrogen-bond donors (Lipinski definition) is 0. The monoisotopic (exact) mass is 365 g/mol. The molecule has 4 rings (SSSR count). The SMILES string of the molecule is COc1ccc(-c2ccc(N(c3ccccc3)c3cccc(C)c3)cc2)cc1. The average Bonchev–Trinajstić information content (AvgIpc) is 2.75. The predicted molar refractivity (Wildman–Crippen MR) is 118 cm³/mol. The first-order valence-corrected chi connectivity index (χ1v) is 9.41. The molecule has 0 aliphatic heterocycles. The van der Waals surface area contributed by atoms with Crippen molar-refractivity contribution in [3.05, 3.63) is 109 Å². The maximum atomic E-state index is 5.26. The molecule has 28 heavy (non-hydrogen) atoms. The van der Waals surface area contributed by atoms with Gasteiger partial charge in [0.15, 0.2) is 0 Å². The van der Waals surface area contributed by atoms with Crippen molar-refractivity contribution < 1.29 is 4.74 Å². The quantitative estimate of drug-likeness (QED) is 0.373. The van der Waals surface area contributed by atoms with Gasteiger partial charge < -0.3 is 9.64 Å². The second-order valence-corrected chi connectivity index (χ2v) is 6.79. The summed E-state index contributed by atoms with van der Waals surface area (Å²) in [5.74, 6) is 0.870. The minimum absolute atomic E-state index is 0.870. The molecule has 0 N–H and O–H groups in total. The van der Waals surface area contributed by atoms with Gasteiger partial charge in [-0.2, -0.15) is 0 Å². The third-order valence-electron chi connectivity index (χ3n) is 4.82. The van der Waals surface area contributed by atoms with E-state index in [-0.39, 0.29) is 0 Å². The van der Waals surface area contributed by atoms with Crippen LogP contribution in [-0.4, -0.2) is 7.11 Å². The van der Waals surface area contributed by atoms with E-state index in [0.717, 1.165) is 22.8 Å². The lowest BCUT2D eigenvalue weighted by molar-refractivity contribution is 0.415. The summed E-state index contributed by atoms with van der Waals surface area (Å²) in [6, 6.07) is 35.9. The van der Waals surface area contributed by atoms with Crippen LogP contribution in [0.1, 0.15) is 5.56 Å². The van der Waals surface area contributed by atoms with Gasteiger partial charge in [0.1, 0.15) is 5.75 Å². The summed E-state index contributed by atoms with van der Waals surface area (Å²) < 4.78 is 5.26. The molecule has 0 unspecified atom stereocenters. The average molecular weight is 365 g/mol. The van der Waals surface area contributed by atoms with Gasteiger partial charge >= 0.3 is 0 Å². The number of nitrogens with zero attached hydrogens (tertiary/aromatic N) is 1. The van der Waals surface area contributed by atoms with Crippen molar-refractivity contribution in [2.75, 3.05) is 12.0 Å². The Morgan fingerprint density at radius 2 is 1.14 bits per heavy atom. The van der Waals surface area contributed by atoms with Crippen LogP contribution in [0.5, 0.6) is 5.75 Å². The summed E-state index contributed by atoms with van der Waals surface area (Å²) in [6.07, 6.45) is 0. The van der Waals surface area contributed by atoms with Gasteiger partial charge in [-0.1, -0.05) is 54.6 Å². The predicted octanol–water partition coefficient (Wildman–Crippen LogP) is 7.14. The van der Waals surface area contributed by atoms with E-state index in [1.807, 2.05) is 18.2 Å². The van der Waals surface area contributed by atoms with Gasteiger partial charge in [-0.25, -0.2) is 0 Å². The van der Waals surface area contributed by atoms with Gasteiger partial charge in [0.2, 0.25) is 0 Å². The van der Waals surface area contributed by atoms with E-state index >= 15 is 0 Å². The van der Waals surface area contributed by atoms with Crippen molar-refractivity contribution in [2.45, 2.75) is 6.92 Å². The lowest BCUT2D eigenvalue weighted by atomic mass is 10.0. The number of benzene rings is 4. The maximum absolute atomic E-state index is 5.26. The van der Waals surface area contributed by atoms with Gasteiger partial charge in [0.05, 0.1) is 7.11 Å². The van der Waals surface area contributed by atoms with E-state index in [0.29, 0.717) is 0 Å². The first-order chi connectivity index (χ1) is 13.7. The molecule has 0 saturated heterocycles. The Balaban J connectivity index is 1.72. The Hall–Kier alpha value is -3.52. The Kier molecular flexibility index (Phi) is 5.11. The second-order valence-electron chi connectivity index (χ2n) is 6.79. The first-order valence-electron chi connectivity index (χ1n) is 9.41. The number of para-hydroxylation sites is 1. The highest BCUT2D eigenvalue weighted by molar-refractivity contribution is 5.78. The molecule has 138 valence electrons. The molecule has 0 saturated carbocycles. The third kappa shape index (κ3) is 3.77. The van der Waals surface area contributed by atoms with E-state index in [1.165, 1.54) is 16.7 Å². The Morgan fingerprint density at radius 1 is 0.571 bits per heavy atom. The molecule has 0 spiro atoms. The van der Waals surface area contributed by atoms with Crippen molar-refractivity contribution in [1.29, 1.82) is 0 Å². The molecule has 0 aliphatic rings. The fourth-order valence-electron chi connectivity index (χ4n) is 3.38. The summed E-state index contributed by atoms with van der Waals surface area (Å²) in [5, 5.41) is 0. The van der Waals surface area contributed by atoms with Crippen molar-refractivity contribution >= 4 is 17.1 Å². The molecule has 0 aromatic heterocycles. The molecule has 2 nitrogen and oxygen atoms in total. The number of ether oxygens (including phenoxy) is 1. The summed E-state index contributed by atoms with van der Waals surface area (Å²) in [7, 11) is 1.69. The Bertz CT molecular complexity index is 1040. The van der Waals surface area contributed by atoms with Crippen LogP contribution in [0.15, 0.2) is 103 Å². The third-order valence-corrected chi connectivity index (χ3v) is 4.82. The molecular weight excluding hydrogens is 342 g/mol. The first kappa shape index (κ1) is 17.9. The van der Waals surface area contributed by atoms with Crippen molar-refractivity contribution in [3.63, 3.8) is 0 Å². The van der Waals surface area contributed by atoms with E-state index in [9.17, 15) is 0 Å². The molecule has 0 radical (unpaired) electrons. The second kappa shape index (κ2) is 8.01. The molecule has 0 fully saturated rings. The van der Waals surface area contributed by atoms with Crippen LogP contribution in [0.3, 0.4) is 0 Å². The largest absolute Gasteiger partial charge is 0.497 e. The lowest BCUT2D eigenvalue weighted by Crippen LogP contribution is -2.09. The minimum Gasteiger partial charge on any atom is -0.497 e. The fraction of sp³-hybridized carbons (Fsp3) is 0.0769. The minimum atomic E-state index is 0.870. The zero-order chi connectivity index (χ0) is 19.3. The maximum Gasteiger partial charge on any atom is 0.118 e. The summed E-state index contributed by atoms with van der Waals surface area (Å²) >= 11 is 0. The summed E-state index contributed by atoms with van der Waals surface area (Å²) in [5.41, 5.74) is 7.04. The molecule has 0 bridgehead atoms. The standard InChI is InChI=1S/C26H23NO/c1-20-7-6-10-25(19-20)27(23-8-4-3-5-9-23)24-15-11-21(12-16-24)22-13-17-26(28-2)18-14-22/h3-19H,1-2H3. The van der Waals surface area contributed by atoms with Gasteiger partial charge in [-0.05, 0) is 72.1 Å². The highest BCUT2D eigenvalue weighted by atomic mass is 16.5. The zero-order valence-electron chi connectivity index (χ0n) is 16.2. The van der Waals surface area contributed by atoms with Crippen LogP contribution >= 0.6 is 0 Å². The Morgan fingerprint density at radius 3 is 1.75 bits per heavy atom. The topological polar surface area (TPSA) is 12.5 Å². The van der Waals surface area contributed by atoms with E-state index in [2.05, 4.69) is 96.8 Å². The number of rotatable bonds is 5. The number of hydrogen-bond acceptors (Lipinski definition) is 2. The van der Waals surface area contributed by atoms with Crippen molar-refractivity contribution in [3.8, 4) is 16.9 Å². The fourth-order valence-corrected chi connectivity index (χ4v) is 3.38. The summed E-state index contributed by atoms with van der Waals surface area (Å²) in [6.45, 7) is 2.12.